The third-order valence-electron chi connectivity index (χ3n) is 6.52. The van der Waals surface area contributed by atoms with Crippen LogP contribution in [0.25, 0.3) is 0 Å². The second-order valence-corrected chi connectivity index (χ2v) is 9.43. The highest BCUT2D eigenvalue weighted by molar-refractivity contribution is 7.09. The van der Waals surface area contributed by atoms with Crippen LogP contribution in [0.15, 0.2) is 11.6 Å². The molecule has 3 fully saturated rings. The van der Waals surface area contributed by atoms with Gasteiger partial charge in [-0.05, 0) is 44.4 Å². The fourth-order valence-electron chi connectivity index (χ4n) is 4.78. The Balaban J connectivity index is 1.30. The fourth-order valence-corrected chi connectivity index (χ4v) is 5.44. The maximum absolute atomic E-state index is 12.9. The van der Waals surface area contributed by atoms with Crippen molar-refractivity contribution < 1.29 is 9.53 Å². The van der Waals surface area contributed by atoms with Crippen LogP contribution in [0, 0.1) is 11.8 Å². The van der Waals surface area contributed by atoms with Crippen LogP contribution in [0.2, 0.25) is 0 Å². The highest BCUT2D eigenvalue weighted by atomic mass is 32.1. The van der Waals surface area contributed by atoms with Crippen molar-refractivity contribution in [3.8, 4) is 0 Å². The number of piperidine rings is 1. The summed E-state index contributed by atoms with van der Waals surface area (Å²) in [6, 6.07) is 0. The molecule has 3 heterocycles. The quantitative estimate of drug-likeness (QED) is 0.812. The molecule has 0 unspecified atom stereocenters. The van der Waals surface area contributed by atoms with E-state index in [2.05, 4.69) is 21.7 Å². The molecular formula is C20H31N3O2S. The molecular weight excluding hydrogens is 346 g/mol. The van der Waals surface area contributed by atoms with Crippen LogP contribution in [-0.4, -0.2) is 59.1 Å². The first-order valence-corrected chi connectivity index (χ1v) is 11.0. The van der Waals surface area contributed by atoms with Gasteiger partial charge in [-0.15, -0.1) is 11.3 Å². The Hall–Kier alpha value is -0.980. The maximum atomic E-state index is 12.9. The van der Waals surface area contributed by atoms with Crippen LogP contribution in [0.3, 0.4) is 0 Å². The molecule has 0 N–H and O–H groups in total. The van der Waals surface area contributed by atoms with E-state index in [0.29, 0.717) is 5.91 Å². The second kappa shape index (κ2) is 7.95. The molecule has 1 saturated carbocycles. The Labute approximate surface area is 160 Å². The molecule has 1 aromatic rings. The van der Waals surface area contributed by atoms with Crippen LogP contribution in [-0.2, 0) is 16.1 Å². The first kappa shape index (κ1) is 18.4. The summed E-state index contributed by atoms with van der Waals surface area (Å²) >= 11 is 1.73. The smallest absolute Gasteiger partial charge is 0.225 e. The summed E-state index contributed by atoms with van der Waals surface area (Å²) in [4.78, 5) is 21.9. The van der Waals surface area contributed by atoms with Gasteiger partial charge in [-0.3, -0.25) is 9.69 Å². The standard InChI is InChI=1S/C20H31N3O2S/c1-16-2-4-17(5-3-16)19(24)23-9-6-20(7-10-23)15-22(11-12-25-20)14-18-21-8-13-26-18/h8,13,16-17H,2-7,9-12,14-15H2,1H3. The highest BCUT2D eigenvalue weighted by Crippen LogP contribution is 2.34. The van der Waals surface area contributed by atoms with E-state index in [9.17, 15) is 4.79 Å². The summed E-state index contributed by atoms with van der Waals surface area (Å²) in [5.41, 5.74) is -0.0621. The molecule has 1 spiro atoms. The fraction of sp³-hybridized carbons (Fsp3) is 0.800. The van der Waals surface area contributed by atoms with E-state index in [1.54, 1.807) is 11.3 Å². The van der Waals surface area contributed by atoms with Crippen molar-refractivity contribution in [2.45, 2.75) is 57.6 Å². The molecule has 1 amide bonds. The lowest BCUT2D eigenvalue weighted by atomic mass is 9.81. The number of thiazole rings is 1. The predicted octanol–water partition coefficient (Wildman–Crippen LogP) is 3.16. The molecule has 0 aromatic carbocycles. The molecule has 3 aliphatic rings. The van der Waals surface area contributed by atoms with E-state index in [1.807, 2.05) is 11.6 Å². The summed E-state index contributed by atoms with van der Waals surface area (Å²) < 4.78 is 6.25. The van der Waals surface area contributed by atoms with Gasteiger partial charge in [0.25, 0.3) is 0 Å². The molecule has 144 valence electrons. The van der Waals surface area contributed by atoms with Gasteiger partial charge < -0.3 is 9.64 Å². The molecule has 6 heteroatoms. The Morgan fingerprint density at radius 3 is 2.73 bits per heavy atom. The largest absolute Gasteiger partial charge is 0.372 e. The Morgan fingerprint density at radius 2 is 2.04 bits per heavy atom. The van der Waals surface area contributed by atoms with Crippen molar-refractivity contribution in [3.05, 3.63) is 16.6 Å². The summed E-state index contributed by atoms with van der Waals surface area (Å²) in [6.07, 6.45) is 8.41. The lowest BCUT2D eigenvalue weighted by Crippen LogP contribution is -2.57. The van der Waals surface area contributed by atoms with Gasteiger partial charge in [-0.1, -0.05) is 6.92 Å². The molecule has 2 aliphatic heterocycles. The summed E-state index contributed by atoms with van der Waals surface area (Å²) in [5.74, 6) is 1.47. The van der Waals surface area contributed by atoms with Gasteiger partial charge in [0.1, 0.15) is 5.01 Å². The molecule has 1 aliphatic carbocycles. The number of ether oxygens (including phenoxy) is 1. The molecule has 1 aromatic heterocycles. The first-order valence-electron chi connectivity index (χ1n) is 10.2. The third-order valence-corrected chi connectivity index (χ3v) is 7.29. The van der Waals surface area contributed by atoms with E-state index >= 15 is 0 Å². The van der Waals surface area contributed by atoms with Crippen LogP contribution in [0.5, 0.6) is 0 Å². The Bertz CT molecular complexity index is 590. The van der Waals surface area contributed by atoms with E-state index < -0.39 is 0 Å². The minimum absolute atomic E-state index is 0.0621. The highest BCUT2D eigenvalue weighted by Gasteiger charge is 2.41. The molecule has 4 rings (SSSR count). The minimum atomic E-state index is -0.0621. The number of rotatable bonds is 3. The van der Waals surface area contributed by atoms with Crippen molar-refractivity contribution in [2.75, 3.05) is 32.8 Å². The van der Waals surface area contributed by atoms with Gasteiger partial charge >= 0.3 is 0 Å². The number of morpholine rings is 1. The van der Waals surface area contributed by atoms with E-state index in [0.717, 1.165) is 70.9 Å². The number of hydrogen-bond donors (Lipinski definition) is 0. The van der Waals surface area contributed by atoms with Gasteiger partial charge in [0.05, 0.1) is 18.8 Å². The van der Waals surface area contributed by atoms with E-state index in [4.69, 9.17) is 4.74 Å². The Kier molecular flexibility index (Phi) is 5.62. The van der Waals surface area contributed by atoms with Gasteiger partial charge in [0, 0.05) is 43.7 Å². The number of aromatic nitrogens is 1. The normalized spacial score (nSPS) is 29.8. The lowest BCUT2D eigenvalue weighted by molar-refractivity contribution is -0.154. The number of amides is 1. The van der Waals surface area contributed by atoms with Crippen LogP contribution >= 0.6 is 11.3 Å². The van der Waals surface area contributed by atoms with Crippen molar-refractivity contribution >= 4 is 17.2 Å². The number of carbonyl (C=O) groups is 1. The second-order valence-electron chi connectivity index (χ2n) is 8.45. The molecule has 26 heavy (non-hydrogen) atoms. The first-order chi connectivity index (χ1) is 12.6. The molecule has 2 saturated heterocycles. The van der Waals surface area contributed by atoms with Gasteiger partial charge in [0.15, 0.2) is 0 Å². The molecule has 0 bridgehead atoms. The predicted molar refractivity (Wildman–Crippen MR) is 103 cm³/mol. The van der Waals surface area contributed by atoms with Gasteiger partial charge in [-0.25, -0.2) is 4.98 Å². The summed E-state index contributed by atoms with van der Waals surface area (Å²) in [6.45, 7) is 7.68. The maximum Gasteiger partial charge on any atom is 0.225 e. The van der Waals surface area contributed by atoms with Crippen LogP contribution < -0.4 is 0 Å². The summed E-state index contributed by atoms with van der Waals surface area (Å²) in [7, 11) is 0. The summed E-state index contributed by atoms with van der Waals surface area (Å²) in [5, 5.41) is 3.22. The zero-order valence-corrected chi connectivity index (χ0v) is 16.7. The monoisotopic (exact) mass is 377 g/mol. The molecule has 5 nitrogen and oxygen atoms in total. The van der Waals surface area contributed by atoms with Crippen molar-refractivity contribution in [1.82, 2.24) is 14.8 Å². The van der Waals surface area contributed by atoms with Crippen molar-refractivity contribution in [2.24, 2.45) is 11.8 Å². The lowest BCUT2D eigenvalue weighted by Gasteiger charge is -2.47. The number of nitrogens with zero attached hydrogens (tertiary/aromatic N) is 3. The van der Waals surface area contributed by atoms with E-state index in [1.165, 1.54) is 17.8 Å². The van der Waals surface area contributed by atoms with Crippen molar-refractivity contribution in [3.63, 3.8) is 0 Å². The van der Waals surface area contributed by atoms with Gasteiger partial charge in [-0.2, -0.15) is 0 Å². The topological polar surface area (TPSA) is 45.7 Å². The minimum Gasteiger partial charge on any atom is -0.372 e. The number of carbonyl (C=O) groups excluding carboxylic acids is 1. The SMILES string of the molecule is CC1CCC(C(=O)N2CCC3(CC2)CN(Cc2nccs2)CCO3)CC1. The van der Waals surface area contributed by atoms with E-state index in [-0.39, 0.29) is 11.5 Å². The average Bonchev–Trinajstić information content (AvgIpc) is 3.16. The molecule has 0 radical (unpaired) electrons. The molecule has 0 atom stereocenters. The van der Waals surface area contributed by atoms with Gasteiger partial charge in [0.2, 0.25) is 5.91 Å². The Morgan fingerprint density at radius 1 is 1.27 bits per heavy atom. The zero-order chi connectivity index (χ0) is 18.0. The van der Waals surface area contributed by atoms with Crippen LogP contribution in [0.4, 0.5) is 0 Å². The van der Waals surface area contributed by atoms with Crippen LogP contribution in [0.1, 0.15) is 50.5 Å². The van der Waals surface area contributed by atoms with Crippen molar-refractivity contribution in [1.29, 1.82) is 0 Å². The zero-order valence-electron chi connectivity index (χ0n) is 15.9. The number of likely N-dealkylation sites (tertiary alicyclic amines) is 1. The average molecular weight is 378 g/mol. The number of hydrogen-bond acceptors (Lipinski definition) is 5. The third kappa shape index (κ3) is 4.12.